The molecule has 6 nitrogen and oxygen atoms in total. The molecule has 0 atom stereocenters. The van der Waals surface area contributed by atoms with Gasteiger partial charge in [-0.1, -0.05) is 30.3 Å². The van der Waals surface area contributed by atoms with Gasteiger partial charge in [0.15, 0.2) is 0 Å². The molecule has 1 amide bonds. The topological polar surface area (TPSA) is 70.2 Å². The molecule has 1 aromatic heterocycles. The average molecular weight is 484 g/mol. The zero-order valence-electron chi connectivity index (χ0n) is 19.3. The maximum absolute atomic E-state index is 12.9. The lowest BCUT2D eigenvalue weighted by Crippen LogP contribution is -2.33. The van der Waals surface area contributed by atoms with Crippen LogP contribution in [0.5, 0.6) is 0 Å². The number of amides is 1. The highest BCUT2D eigenvalue weighted by Gasteiger charge is 2.30. The molecule has 1 saturated heterocycles. The lowest BCUT2D eigenvalue weighted by molar-refractivity contribution is -0.137. The number of aromatic nitrogens is 2. The van der Waals surface area contributed by atoms with Crippen LogP contribution in [0.15, 0.2) is 60.8 Å². The average Bonchev–Trinajstić information content (AvgIpc) is 3.38. The van der Waals surface area contributed by atoms with E-state index in [0.29, 0.717) is 42.3 Å². The summed E-state index contributed by atoms with van der Waals surface area (Å²) in [7, 11) is 0. The highest BCUT2D eigenvalue weighted by atomic mass is 19.4. The molecule has 0 bridgehead atoms. The third kappa shape index (κ3) is 7.02. The third-order valence-corrected chi connectivity index (χ3v) is 5.94. The van der Waals surface area contributed by atoms with Crippen molar-refractivity contribution in [2.24, 2.45) is 0 Å². The highest BCUT2D eigenvalue weighted by molar-refractivity contribution is 5.95. The lowest BCUT2D eigenvalue weighted by atomic mass is 10.1. The minimum atomic E-state index is -4.36. The second-order valence-corrected chi connectivity index (χ2v) is 8.53. The van der Waals surface area contributed by atoms with Crippen molar-refractivity contribution in [2.45, 2.75) is 25.4 Å². The van der Waals surface area contributed by atoms with Gasteiger partial charge in [-0.05, 0) is 62.2 Å². The Labute approximate surface area is 202 Å². The zero-order valence-corrected chi connectivity index (χ0v) is 19.3. The fourth-order valence-corrected chi connectivity index (χ4v) is 4.08. The minimum absolute atomic E-state index is 0.125. The van der Waals surface area contributed by atoms with Gasteiger partial charge in [0.25, 0.3) is 5.91 Å². The Morgan fingerprint density at radius 2 is 1.80 bits per heavy atom. The molecule has 0 radical (unpaired) electrons. The highest BCUT2D eigenvalue weighted by Crippen LogP contribution is 2.29. The Balaban J connectivity index is 1.34. The van der Waals surface area contributed by atoms with Gasteiger partial charge in [-0.15, -0.1) is 0 Å². The molecule has 35 heavy (non-hydrogen) atoms. The second kappa shape index (κ2) is 11.3. The summed E-state index contributed by atoms with van der Waals surface area (Å²) in [6.45, 7) is 4.03. The minimum Gasteiger partial charge on any atom is -0.354 e. The number of carbonyl (C=O) groups excluding carboxylic acids is 1. The van der Waals surface area contributed by atoms with Crippen LogP contribution in [0, 0.1) is 0 Å². The van der Waals surface area contributed by atoms with Gasteiger partial charge in [0.2, 0.25) is 5.95 Å². The number of carbonyl (C=O) groups is 1. The normalized spacial score (nSPS) is 14.1. The third-order valence-electron chi connectivity index (χ3n) is 5.94. The number of alkyl halides is 3. The van der Waals surface area contributed by atoms with Crippen molar-refractivity contribution < 1.29 is 18.0 Å². The maximum atomic E-state index is 12.9. The molecule has 9 heteroatoms. The van der Waals surface area contributed by atoms with Crippen LogP contribution in [0.2, 0.25) is 0 Å². The number of hydrogen-bond acceptors (Lipinski definition) is 5. The summed E-state index contributed by atoms with van der Waals surface area (Å²) < 4.78 is 38.7. The molecule has 0 aliphatic carbocycles. The molecule has 2 aromatic carbocycles. The van der Waals surface area contributed by atoms with E-state index >= 15 is 0 Å². The summed E-state index contributed by atoms with van der Waals surface area (Å²) in [5.74, 6) is 0.245. The zero-order chi connectivity index (χ0) is 24.7. The summed E-state index contributed by atoms with van der Waals surface area (Å²) in [6, 6.07) is 14.3. The first-order chi connectivity index (χ1) is 16.9. The van der Waals surface area contributed by atoms with E-state index in [1.165, 1.54) is 18.9 Å². The van der Waals surface area contributed by atoms with Gasteiger partial charge in [-0.3, -0.25) is 4.79 Å². The Hall–Kier alpha value is -3.46. The van der Waals surface area contributed by atoms with E-state index in [4.69, 9.17) is 0 Å². The van der Waals surface area contributed by atoms with Gasteiger partial charge in [0.05, 0.1) is 11.3 Å². The van der Waals surface area contributed by atoms with E-state index in [-0.39, 0.29) is 5.91 Å². The Morgan fingerprint density at radius 1 is 1.00 bits per heavy atom. The first-order valence-corrected chi connectivity index (χ1v) is 11.7. The van der Waals surface area contributed by atoms with Gasteiger partial charge in [0.1, 0.15) is 0 Å². The van der Waals surface area contributed by atoms with Crippen LogP contribution in [0.25, 0.3) is 11.3 Å². The smallest absolute Gasteiger partial charge is 0.354 e. The van der Waals surface area contributed by atoms with Crippen LogP contribution < -0.4 is 10.6 Å². The molecule has 2 N–H and O–H groups in total. The first-order valence-electron chi connectivity index (χ1n) is 11.7. The quantitative estimate of drug-likeness (QED) is 0.464. The van der Waals surface area contributed by atoms with Gasteiger partial charge < -0.3 is 15.5 Å². The molecule has 1 aliphatic heterocycles. The number of rotatable bonds is 9. The van der Waals surface area contributed by atoms with Gasteiger partial charge >= 0.3 is 6.18 Å². The summed E-state index contributed by atoms with van der Waals surface area (Å²) in [5.41, 5.74) is 1.90. The van der Waals surface area contributed by atoms with Gasteiger partial charge in [-0.2, -0.15) is 13.2 Å². The van der Waals surface area contributed by atoms with Crippen LogP contribution in [-0.2, 0) is 12.6 Å². The maximum Gasteiger partial charge on any atom is 0.416 e. The summed E-state index contributed by atoms with van der Waals surface area (Å²) in [5, 5.41) is 6.04. The molecule has 0 unspecified atom stereocenters. The summed E-state index contributed by atoms with van der Waals surface area (Å²) >= 11 is 0. The molecule has 2 heterocycles. The second-order valence-electron chi connectivity index (χ2n) is 8.53. The number of nitrogens with zero attached hydrogens (tertiary/aromatic N) is 3. The Morgan fingerprint density at radius 3 is 2.60 bits per heavy atom. The molecule has 1 aliphatic rings. The van der Waals surface area contributed by atoms with Crippen molar-refractivity contribution in [3.8, 4) is 11.3 Å². The van der Waals surface area contributed by atoms with Crippen LogP contribution in [0.4, 0.5) is 19.1 Å². The molecule has 1 fully saturated rings. The number of anilines is 1. The molecular formula is C26H28F3N5O. The van der Waals surface area contributed by atoms with Crippen LogP contribution in [0.3, 0.4) is 0 Å². The Bertz CT molecular complexity index is 1150. The van der Waals surface area contributed by atoms with E-state index in [0.717, 1.165) is 37.3 Å². The van der Waals surface area contributed by atoms with Crippen molar-refractivity contribution in [3.63, 3.8) is 0 Å². The van der Waals surface area contributed by atoms with Crippen LogP contribution in [0.1, 0.15) is 34.3 Å². The van der Waals surface area contributed by atoms with Crippen molar-refractivity contribution >= 4 is 11.9 Å². The molecule has 4 rings (SSSR count). The first kappa shape index (κ1) is 24.7. The Kier molecular flexibility index (Phi) is 7.97. The van der Waals surface area contributed by atoms with Crippen LogP contribution >= 0.6 is 0 Å². The van der Waals surface area contributed by atoms with E-state index < -0.39 is 11.7 Å². The SMILES string of the molecule is O=C(NCCN1CCCC1)c1cccc(-c2ccnc(NCCc3cccc(C(F)(F)F)c3)n2)c1. The largest absolute Gasteiger partial charge is 0.416 e. The molecular weight excluding hydrogens is 455 g/mol. The number of benzene rings is 2. The van der Waals surface area contributed by atoms with Gasteiger partial charge in [0, 0.05) is 37.0 Å². The predicted octanol–water partition coefficient (Wildman–Crippen LogP) is 4.64. The summed E-state index contributed by atoms with van der Waals surface area (Å²) in [6.07, 6.45) is 0.0799. The lowest BCUT2D eigenvalue weighted by Gasteiger charge is -2.14. The monoisotopic (exact) mass is 483 g/mol. The molecule has 184 valence electrons. The van der Waals surface area contributed by atoms with Crippen molar-refractivity contribution in [1.82, 2.24) is 20.2 Å². The van der Waals surface area contributed by atoms with Crippen molar-refractivity contribution in [3.05, 3.63) is 77.5 Å². The fourth-order valence-electron chi connectivity index (χ4n) is 4.08. The van der Waals surface area contributed by atoms with E-state index in [2.05, 4.69) is 25.5 Å². The standard InChI is InChI=1S/C26H28F3N5O/c27-26(28,29)22-8-3-5-19(17-22)9-11-31-25-32-12-10-23(33-25)20-6-4-7-21(18-20)24(35)30-13-16-34-14-1-2-15-34/h3-8,10,12,17-18H,1-2,9,11,13-16H2,(H,30,35)(H,31,32,33). The van der Waals surface area contributed by atoms with Crippen molar-refractivity contribution in [2.75, 3.05) is 38.0 Å². The van der Waals surface area contributed by atoms with Crippen LogP contribution in [-0.4, -0.2) is 53.5 Å². The number of likely N-dealkylation sites (tertiary alicyclic amines) is 1. The molecule has 3 aromatic rings. The number of halogens is 3. The van der Waals surface area contributed by atoms with E-state index in [1.807, 2.05) is 12.1 Å². The van der Waals surface area contributed by atoms with E-state index in [9.17, 15) is 18.0 Å². The fraction of sp³-hybridized carbons (Fsp3) is 0.346. The molecule has 0 saturated carbocycles. The summed E-state index contributed by atoms with van der Waals surface area (Å²) in [4.78, 5) is 23.6. The van der Waals surface area contributed by atoms with Gasteiger partial charge in [-0.25, -0.2) is 9.97 Å². The number of hydrogen-bond donors (Lipinski definition) is 2. The number of nitrogens with one attached hydrogen (secondary N) is 2. The molecule has 0 spiro atoms. The predicted molar refractivity (Wildman–Crippen MR) is 129 cm³/mol. The van der Waals surface area contributed by atoms with E-state index in [1.54, 1.807) is 30.5 Å². The van der Waals surface area contributed by atoms with Crippen molar-refractivity contribution in [1.29, 1.82) is 0 Å².